The van der Waals surface area contributed by atoms with Gasteiger partial charge >= 0.3 is 0 Å². The van der Waals surface area contributed by atoms with Crippen molar-refractivity contribution in [2.45, 2.75) is 201 Å². The van der Waals surface area contributed by atoms with E-state index in [4.69, 9.17) is 23.7 Å². The summed E-state index contributed by atoms with van der Waals surface area (Å²) >= 11 is 0. The number of ether oxygens (including phenoxy) is 5. The van der Waals surface area contributed by atoms with Gasteiger partial charge in [0.15, 0.2) is 0 Å². The Morgan fingerprint density at radius 2 is 1.45 bits per heavy atom. The third-order valence-corrected chi connectivity index (χ3v) is 16.9. The average Bonchev–Trinajstić information content (AvgIpc) is 3.63. The Balaban J connectivity index is 0.910. The summed E-state index contributed by atoms with van der Waals surface area (Å²) in [6.45, 7) is 23.4. The molecule has 4 fully saturated rings. The van der Waals surface area contributed by atoms with E-state index >= 15 is 0 Å². The molecule has 5 unspecified atom stereocenters. The van der Waals surface area contributed by atoms with Gasteiger partial charge in [-0.2, -0.15) is 0 Å². The maximum atomic E-state index is 6.51. The summed E-state index contributed by atoms with van der Waals surface area (Å²) in [6.07, 6.45) is 42.7. The fourth-order valence-corrected chi connectivity index (χ4v) is 12.8. The van der Waals surface area contributed by atoms with Gasteiger partial charge in [0.05, 0.1) is 58.5 Å². The predicted molar refractivity (Wildman–Crippen MR) is 261 cm³/mol. The largest absolute Gasteiger partial charge is 0.379 e. The number of fused-ring (bicyclic) bond motifs is 5. The van der Waals surface area contributed by atoms with Crippen LogP contribution in [0.3, 0.4) is 0 Å². The zero-order valence-electron chi connectivity index (χ0n) is 41.5. The minimum atomic E-state index is 0.0637. The van der Waals surface area contributed by atoms with Crippen molar-refractivity contribution in [3.8, 4) is 0 Å². The van der Waals surface area contributed by atoms with Crippen LogP contribution in [-0.2, 0) is 23.7 Å². The number of morpholine rings is 1. The molecular weight excluding hydrogens is 767 g/mol. The second-order valence-corrected chi connectivity index (χ2v) is 21.7. The van der Waals surface area contributed by atoms with Crippen LogP contribution in [-0.4, -0.2) is 89.6 Å². The van der Waals surface area contributed by atoms with Crippen LogP contribution >= 0.6 is 0 Å². The van der Waals surface area contributed by atoms with Crippen LogP contribution in [0.1, 0.15) is 189 Å². The first-order valence-electron chi connectivity index (χ1n) is 26.9. The molecule has 9 atom stereocenters. The van der Waals surface area contributed by atoms with Crippen molar-refractivity contribution in [2.24, 2.45) is 46.3 Å². The second-order valence-electron chi connectivity index (χ2n) is 21.7. The standard InChI is InChI=1S/C56H99NO5/c1-7-8-9-10-11-12-13-14-15-16-17-18-19-20-21-22-36-60-45-50(44-57-34-37-58-38-35-57)62-42-40-59-39-41-61-49-30-32-56(6)48(43-49)26-27-51-52-31-33-55(5,53(52)28-29-54(51)56)47(4)25-23-24-46(2)3/h11-12,14-15,26,46-47,49-54H,7-10,13,16-25,27-45H2,1-6H3/b12-11-,15-14-/t47-,49+,50?,51?,52?,53?,54?,55-,56+/m1/s1. The van der Waals surface area contributed by atoms with Gasteiger partial charge in [-0.3, -0.25) is 4.90 Å². The summed E-state index contributed by atoms with van der Waals surface area (Å²) in [5, 5.41) is 0. The van der Waals surface area contributed by atoms with Crippen LogP contribution in [0.5, 0.6) is 0 Å². The molecule has 6 nitrogen and oxygen atoms in total. The van der Waals surface area contributed by atoms with E-state index in [9.17, 15) is 0 Å². The summed E-state index contributed by atoms with van der Waals surface area (Å²) in [6, 6.07) is 0. The van der Waals surface area contributed by atoms with Gasteiger partial charge in [-0.1, -0.05) is 135 Å². The number of rotatable bonds is 32. The molecule has 0 radical (unpaired) electrons. The smallest absolute Gasteiger partial charge is 0.0936 e. The van der Waals surface area contributed by atoms with E-state index in [1.807, 2.05) is 0 Å². The maximum absolute atomic E-state index is 6.51. The highest BCUT2D eigenvalue weighted by molar-refractivity contribution is 5.25. The number of unbranched alkanes of at least 4 members (excludes halogenated alkanes) is 9. The van der Waals surface area contributed by atoms with Crippen molar-refractivity contribution in [3.05, 3.63) is 36.0 Å². The maximum Gasteiger partial charge on any atom is 0.0936 e. The summed E-state index contributed by atoms with van der Waals surface area (Å²) in [5.74, 6) is 5.37. The first kappa shape index (κ1) is 52.0. The van der Waals surface area contributed by atoms with Crippen LogP contribution in [0.4, 0.5) is 0 Å². The molecule has 0 aromatic heterocycles. The Bertz CT molecular complexity index is 1270. The molecule has 4 aliphatic carbocycles. The number of nitrogens with zero attached hydrogens (tertiary/aromatic N) is 1. The molecule has 0 N–H and O–H groups in total. The van der Waals surface area contributed by atoms with Crippen molar-refractivity contribution in [2.75, 3.05) is 72.5 Å². The Morgan fingerprint density at radius 1 is 0.726 bits per heavy atom. The monoisotopic (exact) mass is 866 g/mol. The number of hydrogen-bond acceptors (Lipinski definition) is 6. The number of allylic oxidation sites excluding steroid dienone is 5. The zero-order valence-corrected chi connectivity index (χ0v) is 41.5. The fourth-order valence-electron chi connectivity index (χ4n) is 12.8. The van der Waals surface area contributed by atoms with Crippen molar-refractivity contribution in [1.29, 1.82) is 0 Å². The van der Waals surface area contributed by atoms with Gasteiger partial charge < -0.3 is 23.7 Å². The third-order valence-electron chi connectivity index (χ3n) is 16.9. The van der Waals surface area contributed by atoms with Crippen molar-refractivity contribution >= 4 is 0 Å². The second kappa shape index (κ2) is 28.9. The first-order valence-corrected chi connectivity index (χ1v) is 26.9. The topological polar surface area (TPSA) is 49.4 Å². The summed E-state index contributed by atoms with van der Waals surface area (Å²) in [4.78, 5) is 2.45. The van der Waals surface area contributed by atoms with E-state index in [2.05, 4.69) is 76.8 Å². The zero-order chi connectivity index (χ0) is 43.9. The summed E-state index contributed by atoms with van der Waals surface area (Å²) < 4.78 is 30.7. The normalized spacial score (nSPS) is 30.2. The van der Waals surface area contributed by atoms with E-state index in [-0.39, 0.29) is 6.10 Å². The first-order chi connectivity index (χ1) is 30.2. The lowest BCUT2D eigenvalue weighted by Gasteiger charge is -2.56. The van der Waals surface area contributed by atoms with E-state index < -0.39 is 0 Å². The minimum Gasteiger partial charge on any atom is -0.379 e. The molecule has 3 saturated carbocycles. The van der Waals surface area contributed by atoms with E-state index in [0.29, 0.717) is 50.0 Å². The van der Waals surface area contributed by atoms with Crippen LogP contribution in [0, 0.1) is 46.3 Å². The summed E-state index contributed by atoms with van der Waals surface area (Å²) in [7, 11) is 0. The predicted octanol–water partition coefficient (Wildman–Crippen LogP) is 14.0. The molecule has 1 saturated heterocycles. The molecule has 1 aliphatic heterocycles. The Hall–Kier alpha value is -1.02. The molecule has 5 aliphatic rings. The molecule has 0 spiro atoms. The molecule has 0 aromatic carbocycles. The summed E-state index contributed by atoms with van der Waals surface area (Å²) in [5.41, 5.74) is 2.66. The fraction of sp³-hybridized carbons (Fsp3) is 0.893. The van der Waals surface area contributed by atoms with Crippen LogP contribution in [0.15, 0.2) is 36.0 Å². The highest BCUT2D eigenvalue weighted by atomic mass is 16.6. The Labute approximate surface area is 383 Å². The van der Waals surface area contributed by atoms with Crippen LogP contribution < -0.4 is 0 Å². The Kier molecular flexibility index (Phi) is 24.2. The molecule has 0 aromatic rings. The SMILES string of the molecule is CCCCC/C=C\C/C=C\CCCCCCCCOCC(CN1CCOCC1)OCCOCCO[C@H]1CC[C@@]2(C)C(=CCC3C4CC[C@](C)([C@H](C)CCCC(C)C)C4CCC32)C1. The molecule has 0 bridgehead atoms. The van der Waals surface area contributed by atoms with Crippen molar-refractivity contribution in [3.63, 3.8) is 0 Å². The number of hydrogen-bond donors (Lipinski definition) is 0. The average molecular weight is 866 g/mol. The van der Waals surface area contributed by atoms with Crippen molar-refractivity contribution in [1.82, 2.24) is 4.90 Å². The minimum absolute atomic E-state index is 0.0637. The lowest BCUT2D eigenvalue weighted by atomic mass is 9.49. The lowest BCUT2D eigenvalue weighted by molar-refractivity contribution is -0.0719. The quantitative estimate of drug-likeness (QED) is 0.0496. The van der Waals surface area contributed by atoms with E-state index in [1.165, 1.54) is 128 Å². The molecule has 62 heavy (non-hydrogen) atoms. The Morgan fingerprint density at radius 3 is 2.23 bits per heavy atom. The molecule has 6 heteroatoms. The van der Waals surface area contributed by atoms with Gasteiger partial charge in [-0.25, -0.2) is 0 Å². The lowest BCUT2D eigenvalue weighted by Crippen LogP contribution is -2.49. The highest BCUT2D eigenvalue weighted by Crippen LogP contribution is 2.66. The molecular formula is C56H99NO5. The van der Waals surface area contributed by atoms with Crippen molar-refractivity contribution < 1.29 is 23.7 Å². The molecule has 5 rings (SSSR count). The van der Waals surface area contributed by atoms with E-state index in [0.717, 1.165) is 94.2 Å². The van der Waals surface area contributed by atoms with Gasteiger partial charge in [0, 0.05) is 26.2 Å². The van der Waals surface area contributed by atoms with Gasteiger partial charge in [0.2, 0.25) is 0 Å². The van der Waals surface area contributed by atoms with Crippen LogP contribution in [0.25, 0.3) is 0 Å². The van der Waals surface area contributed by atoms with E-state index in [1.54, 1.807) is 5.57 Å². The molecule has 358 valence electrons. The molecule has 1 heterocycles. The highest BCUT2D eigenvalue weighted by Gasteiger charge is 2.57. The van der Waals surface area contributed by atoms with Crippen LogP contribution in [0.2, 0.25) is 0 Å². The molecule has 0 amide bonds. The van der Waals surface area contributed by atoms with Gasteiger partial charge in [-0.05, 0) is 136 Å². The van der Waals surface area contributed by atoms with Gasteiger partial charge in [-0.15, -0.1) is 0 Å². The third kappa shape index (κ3) is 16.7. The van der Waals surface area contributed by atoms with Gasteiger partial charge in [0.1, 0.15) is 0 Å². The van der Waals surface area contributed by atoms with Gasteiger partial charge in [0.25, 0.3) is 0 Å².